The molecule has 0 aliphatic heterocycles. The van der Waals surface area contributed by atoms with Gasteiger partial charge in [0.2, 0.25) is 5.91 Å². The summed E-state index contributed by atoms with van der Waals surface area (Å²) in [5.41, 5.74) is 7.60. The minimum atomic E-state index is -0.246. The highest BCUT2D eigenvalue weighted by Gasteiger charge is 2.28. The minimum absolute atomic E-state index is 0.0685. The van der Waals surface area contributed by atoms with Crippen molar-refractivity contribution < 1.29 is 4.79 Å². The van der Waals surface area contributed by atoms with E-state index in [4.69, 9.17) is 5.73 Å². The number of nitrogens with zero attached hydrogens (tertiary/aromatic N) is 2. The van der Waals surface area contributed by atoms with Gasteiger partial charge in [0.1, 0.15) is 5.65 Å². The normalized spacial score (nSPS) is 21.4. The zero-order valence-electron chi connectivity index (χ0n) is 13.3. The largest absolute Gasteiger partial charge is 0.369 e. The van der Waals surface area contributed by atoms with Crippen LogP contribution >= 0.6 is 0 Å². The van der Waals surface area contributed by atoms with Gasteiger partial charge in [-0.3, -0.25) is 14.0 Å². The lowest BCUT2D eigenvalue weighted by Gasteiger charge is -2.30. The summed E-state index contributed by atoms with van der Waals surface area (Å²) in [5.74, 6) is -0.378. The molecule has 1 saturated carbocycles. The van der Waals surface area contributed by atoms with Gasteiger partial charge >= 0.3 is 0 Å². The summed E-state index contributed by atoms with van der Waals surface area (Å²) >= 11 is 0. The summed E-state index contributed by atoms with van der Waals surface area (Å²) in [4.78, 5) is 28.4. The number of aryl methyl sites for hydroxylation is 1. The van der Waals surface area contributed by atoms with Crippen LogP contribution in [0.15, 0.2) is 29.1 Å². The fourth-order valence-electron chi connectivity index (χ4n) is 3.41. The number of nitrogens with one attached hydrogen (secondary N) is 1. The van der Waals surface area contributed by atoms with Crippen molar-refractivity contribution in [1.82, 2.24) is 14.7 Å². The number of hydrogen-bond donors (Lipinski definition) is 2. The Morgan fingerprint density at radius 2 is 2.17 bits per heavy atom. The molecule has 23 heavy (non-hydrogen) atoms. The van der Waals surface area contributed by atoms with Crippen LogP contribution < -0.4 is 16.6 Å². The Bertz CT molecular complexity index is 784. The van der Waals surface area contributed by atoms with Gasteiger partial charge in [-0.05, 0) is 31.9 Å². The molecule has 0 bridgehead atoms. The minimum Gasteiger partial charge on any atom is -0.369 e. The van der Waals surface area contributed by atoms with E-state index >= 15 is 0 Å². The Balaban J connectivity index is 1.79. The molecule has 6 heteroatoms. The van der Waals surface area contributed by atoms with E-state index in [2.05, 4.69) is 10.3 Å². The Kier molecular flexibility index (Phi) is 4.43. The van der Waals surface area contributed by atoms with E-state index in [0.717, 1.165) is 31.4 Å². The summed E-state index contributed by atoms with van der Waals surface area (Å²) in [5, 5.41) is 3.36. The number of hydrogen-bond acceptors (Lipinski definition) is 4. The molecule has 0 radical (unpaired) electrons. The van der Waals surface area contributed by atoms with Crippen LogP contribution in [-0.4, -0.2) is 21.3 Å². The molecule has 2 aromatic heterocycles. The molecule has 6 nitrogen and oxygen atoms in total. The standard InChI is InChI=1S/C17H22N4O2/c1-11-5-4-8-15-20-12(9-16(22)21(11)15)10-19-14-7-3-2-6-13(14)17(18)23/h4-5,8-9,13-14,19H,2-3,6-7,10H2,1H3,(H2,18,23)/t13-,14-/m0/s1. The van der Waals surface area contributed by atoms with Gasteiger partial charge in [0.25, 0.3) is 5.56 Å². The molecule has 3 N–H and O–H groups in total. The van der Waals surface area contributed by atoms with Gasteiger partial charge in [0.15, 0.2) is 0 Å². The predicted molar refractivity (Wildman–Crippen MR) is 88.0 cm³/mol. The first-order valence-corrected chi connectivity index (χ1v) is 8.07. The Labute approximate surface area is 134 Å². The maximum absolute atomic E-state index is 12.3. The van der Waals surface area contributed by atoms with Crippen molar-refractivity contribution in [2.75, 3.05) is 0 Å². The van der Waals surface area contributed by atoms with Crippen molar-refractivity contribution in [3.63, 3.8) is 0 Å². The van der Waals surface area contributed by atoms with Crippen molar-refractivity contribution in [1.29, 1.82) is 0 Å². The molecule has 0 saturated heterocycles. The highest BCUT2D eigenvalue weighted by molar-refractivity contribution is 5.77. The quantitative estimate of drug-likeness (QED) is 0.885. The zero-order chi connectivity index (χ0) is 16.4. The second-order valence-corrected chi connectivity index (χ2v) is 6.23. The molecule has 3 rings (SSSR count). The fourth-order valence-corrected chi connectivity index (χ4v) is 3.41. The first-order chi connectivity index (χ1) is 11.1. The molecule has 2 atom stereocenters. The number of amides is 1. The molecule has 2 aromatic rings. The number of primary amides is 1. The lowest BCUT2D eigenvalue weighted by atomic mass is 9.84. The van der Waals surface area contributed by atoms with Crippen molar-refractivity contribution in [3.8, 4) is 0 Å². The Morgan fingerprint density at radius 3 is 2.96 bits per heavy atom. The fraction of sp³-hybridized carbons (Fsp3) is 0.471. The van der Waals surface area contributed by atoms with Crippen LogP contribution in [-0.2, 0) is 11.3 Å². The zero-order valence-corrected chi connectivity index (χ0v) is 13.3. The van der Waals surface area contributed by atoms with E-state index in [-0.39, 0.29) is 23.4 Å². The van der Waals surface area contributed by atoms with Crippen LogP contribution in [0.1, 0.15) is 37.1 Å². The molecule has 1 aliphatic rings. The number of nitrogens with two attached hydrogens (primary N) is 1. The van der Waals surface area contributed by atoms with Gasteiger partial charge in [-0.2, -0.15) is 0 Å². The molecule has 0 aromatic carbocycles. The molecule has 1 fully saturated rings. The van der Waals surface area contributed by atoms with Gasteiger partial charge in [-0.25, -0.2) is 4.98 Å². The van der Waals surface area contributed by atoms with Crippen LogP contribution in [0.2, 0.25) is 0 Å². The van der Waals surface area contributed by atoms with Crippen molar-refractivity contribution in [2.45, 2.75) is 45.2 Å². The van der Waals surface area contributed by atoms with Crippen LogP contribution in [0.3, 0.4) is 0 Å². The average Bonchev–Trinajstić information content (AvgIpc) is 2.53. The first-order valence-electron chi connectivity index (χ1n) is 8.07. The highest BCUT2D eigenvalue weighted by atomic mass is 16.1. The third-order valence-corrected chi connectivity index (χ3v) is 4.61. The summed E-state index contributed by atoms with van der Waals surface area (Å²) in [6, 6.07) is 7.21. The molecule has 122 valence electrons. The third-order valence-electron chi connectivity index (χ3n) is 4.61. The highest BCUT2D eigenvalue weighted by Crippen LogP contribution is 2.24. The predicted octanol–water partition coefficient (Wildman–Crippen LogP) is 1.14. The summed E-state index contributed by atoms with van der Waals surface area (Å²) in [6.45, 7) is 2.35. The number of carbonyl (C=O) groups is 1. The maximum Gasteiger partial charge on any atom is 0.258 e. The number of fused-ring (bicyclic) bond motifs is 1. The molecule has 2 heterocycles. The van der Waals surface area contributed by atoms with Gasteiger partial charge in [-0.15, -0.1) is 0 Å². The van der Waals surface area contributed by atoms with E-state index in [1.165, 1.54) is 0 Å². The Morgan fingerprint density at radius 1 is 1.39 bits per heavy atom. The number of aromatic nitrogens is 2. The van der Waals surface area contributed by atoms with E-state index in [0.29, 0.717) is 17.9 Å². The summed E-state index contributed by atoms with van der Waals surface area (Å²) < 4.78 is 1.59. The van der Waals surface area contributed by atoms with Crippen LogP contribution in [0, 0.1) is 12.8 Å². The van der Waals surface area contributed by atoms with Gasteiger partial charge in [-0.1, -0.05) is 18.9 Å². The molecule has 0 spiro atoms. The van der Waals surface area contributed by atoms with E-state index in [9.17, 15) is 9.59 Å². The van der Waals surface area contributed by atoms with Crippen molar-refractivity contribution in [3.05, 3.63) is 46.0 Å². The van der Waals surface area contributed by atoms with Crippen molar-refractivity contribution >= 4 is 11.6 Å². The average molecular weight is 314 g/mol. The smallest absolute Gasteiger partial charge is 0.258 e. The van der Waals surface area contributed by atoms with Crippen LogP contribution in [0.5, 0.6) is 0 Å². The first kappa shape index (κ1) is 15.7. The molecule has 1 aliphatic carbocycles. The van der Waals surface area contributed by atoms with Gasteiger partial charge in [0.05, 0.1) is 11.6 Å². The molecule has 0 unspecified atom stereocenters. The molecular weight excluding hydrogens is 292 g/mol. The maximum atomic E-state index is 12.3. The number of pyridine rings is 1. The summed E-state index contributed by atoms with van der Waals surface area (Å²) in [6.07, 6.45) is 3.90. The van der Waals surface area contributed by atoms with Crippen LogP contribution in [0.25, 0.3) is 5.65 Å². The second-order valence-electron chi connectivity index (χ2n) is 6.23. The summed E-state index contributed by atoms with van der Waals surface area (Å²) in [7, 11) is 0. The number of carbonyl (C=O) groups excluding carboxylic acids is 1. The van der Waals surface area contributed by atoms with Crippen molar-refractivity contribution in [2.24, 2.45) is 11.7 Å². The monoisotopic (exact) mass is 314 g/mol. The van der Waals surface area contributed by atoms with Gasteiger partial charge in [0, 0.05) is 24.3 Å². The molecule has 1 amide bonds. The van der Waals surface area contributed by atoms with E-state index in [1.54, 1.807) is 10.5 Å². The topological polar surface area (TPSA) is 89.5 Å². The molecular formula is C17H22N4O2. The SMILES string of the molecule is Cc1cccc2nc(CN[C@H]3CCCC[C@@H]3C(N)=O)cc(=O)n12. The second kappa shape index (κ2) is 6.50. The lowest BCUT2D eigenvalue weighted by molar-refractivity contribution is -0.123. The van der Waals surface area contributed by atoms with E-state index in [1.807, 2.05) is 25.1 Å². The van der Waals surface area contributed by atoms with Crippen LogP contribution in [0.4, 0.5) is 0 Å². The Hall–Kier alpha value is -2.21. The lowest BCUT2D eigenvalue weighted by Crippen LogP contribution is -2.44. The number of rotatable bonds is 4. The van der Waals surface area contributed by atoms with E-state index < -0.39 is 0 Å². The van der Waals surface area contributed by atoms with Gasteiger partial charge < -0.3 is 11.1 Å². The third kappa shape index (κ3) is 3.27.